The van der Waals surface area contributed by atoms with E-state index in [2.05, 4.69) is 0 Å². The molecule has 0 aromatic heterocycles. The van der Waals surface area contributed by atoms with Gasteiger partial charge in [0.15, 0.2) is 5.03 Å². The summed E-state index contributed by atoms with van der Waals surface area (Å²) >= 11 is 0. The zero-order valence-corrected chi connectivity index (χ0v) is 9.93. The van der Waals surface area contributed by atoms with Gasteiger partial charge in [-0.3, -0.25) is 9.59 Å². The lowest BCUT2D eigenvalue weighted by Crippen LogP contribution is -2.47. The summed E-state index contributed by atoms with van der Waals surface area (Å²) in [7, 11) is 0. The average molecular weight is 267 g/mol. The van der Waals surface area contributed by atoms with E-state index in [0.29, 0.717) is 5.01 Å². The van der Waals surface area contributed by atoms with E-state index >= 15 is 0 Å². The quantitative estimate of drug-likeness (QED) is 0.567. The number of carbonyl (C=O) groups excluding carboxylic acids is 1. The second kappa shape index (κ2) is 6.45. The van der Waals surface area contributed by atoms with Crippen molar-refractivity contribution >= 4 is 17.6 Å². The van der Waals surface area contributed by atoms with Gasteiger partial charge >= 0.3 is 11.9 Å². The summed E-state index contributed by atoms with van der Waals surface area (Å²) in [6.45, 7) is 0. The van der Waals surface area contributed by atoms with Gasteiger partial charge in [-0.1, -0.05) is 18.2 Å². The van der Waals surface area contributed by atoms with Crippen molar-refractivity contribution in [2.75, 3.05) is 5.01 Å². The van der Waals surface area contributed by atoms with Crippen LogP contribution in [0, 0.1) is 10.1 Å². The molecule has 0 aliphatic heterocycles. The Kier molecular flexibility index (Phi) is 4.95. The number of nitrogens with zero attached hydrogens (tertiary/aromatic N) is 2. The zero-order valence-electron chi connectivity index (χ0n) is 9.93. The van der Waals surface area contributed by atoms with Crippen LogP contribution >= 0.6 is 0 Å². The van der Waals surface area contributed by atoms with Crippen molar-refractivity contribution in [1.82, 2.24) is 0 Å². The normalized spacial score (nSPS) is 11.6. The van der Waals surface area contributed by atoms with Crippen LogP contribution in [-0.2, 0) is 9.59 Å². The molecule has 102 valence electrons. The van der Waals surface area contributed by atoms with Gasteiger partial charge in [-0.05, 0) is 23.6 Å². The number of nitro groups is 1. The molecule has 3 N–H and O–H groups in total. The van der Waals surface area contributed by atoms with Gasteiger partial charge in [0.25, 0.3) is 0 Å². The van der Waals surface area contributed by atoms with Crippen LogP contribution in [-0.4, -0.2) is 28.1 Å². The molecule has 0 unspecified atom stereocenters. The third kappa shape index (κ3) is 4.03. The third-order valence-corrected chi connectivity index (χ3v) is 2.36. The molecule has 0 fully saturated rings. The molecule has 0 saturated carbocycles. The third-order valence-electron chi connectivity index (χ3n) is 2.36. The van der Waals surface area contributed by atoms with Crippen LogP contribution in [0.15, 0.2) is 30.3 Å². The van der Waals surface area contributed by atoms with Crippen LogP contribution in [0.4, 0.5) is 5.69 Å². The second-order valence-corrected chi connectivity index (χ2v) is 3.76. The molecule has 0 radical (unpaired) electrons. The Morgan fingerprint density at radius 2 is 1.95 bits per heavy atom. The second-order valence-electron chi connectivity index (χ2n) is 3.76. The van der Waals surface area contributed by atoms with Gasteiger partial charge < -0.3 is 10.8 Å². The Morgan fingerprint density at radius 1 is 1.37 bits per heavy atom. The first-order chi connectivity index (χ1) is 8.93. The van der Waals surface area contributed by atoms with E-state index in [4.69, 9.17) is 10.8 Å². The lowest BCUT2D eigenvalue weighted by Gasteiger charge is -2.16. The van der Waals surface area contributed by atoms with Crippen LogP contribution < -0.4 is 10.7 Å². The van der Waals surface area contributed by atoms with Gasteiger partial charge in [0.05, 0.1) is 6.04 Å². The number of anilines is 1. The van der Waals surface area contributed by atoms with E-state index < -0.39 is 23.0 Å². The predicted octanol–water partition coefficient (Wildman–Crippen LogP) is 0.403. The number of para-hydroxylation sites is 1. The van der Waals surface area contributed by atoms with Crippen LogP contribution in [0.25, 0.3) is 0 Å². The first-order valence-electron chi connectivity index (χ1n) is 5.44. The van der Waals surface area contributed by atoms with Crippen LogP contribution in [0.2, 0.25) is 0 Å². The van der Waals surface area contributed by atoms with Crippen molar-refractivity contribution < 1.29 is 19.7 Å². The molecule has 8 nitrogen and oxygen atoms in total. The smallest absolute Gasteiger partial charge is 0.306 e. The minimum absolute atomic E-state index is 0.0725. The van der Waals surface area contributed by atoms with E-state index in [1.165, 1.54) is 12.1 Å². The van der Waals surface area contributed by atoms with Crippen molar-refractivity contribution in [3.05, 3.63) is 40.4 Å². The number of aliphatic carboxylic acids is 1. The molecule has 1 atom stereocenters. The number of benzene rings is 1. The number of nitrogens with two attached hydrogens (primary N) is 1. The minimum atomic E-state index is -1.23. The summed E-state index contributed by atoms with van der Waals surface area (Å²) in [5.74, 6) is -2.06. The van der Waals surface area contributed by atoms with Gasteiger partial charge in [0, 0.05) is 6.42 Å². The molecule has 0 aliphatic carbocycles. The Morgan fingerprint density at radius 3 is 2.42 bits per heavy atom. The van der Waals surface area contributed by atoms with Crippen LogP contribution in [0.3, 0.4) is 0 Å². The maximum Gasteiger partial charge on any atom is 0.306 e. The van der Waals surface area contributed by atoms with Gasteiger partial charge in [-0.2, -0.15) is 0 Å². The van der Waals surface area contributed by atoms with Gasteiger partial charge in [0.1, 0.15) is 5.69 Å². The summed E-state index contributed by atoms with van der Waals surface area (Å²) in [5.41, 5.74) is 5.56. The first kappa shape index (κ1) is 14.6. The lowest BCUT2D eigenvalue weighted by molar-refractivity contribution is -0.484. The SMILES string of the molecule is N[C@@H](CCC(=O)O)C(=O)N(c1ccccc1)[N+](=O)[O-]. The molecule has 0 heterocycles. The molecule has 1 amide bonds. The van der Waals surface area contributed by atoms with Crippen molar-refractivity contribution in [3.63, 3.8) is 0 Å². The Bertz CT molecular complexity index is 476. The number of carboxylic acid groups (broad SMARTS) is 1. The predicted molar refractivity (Wildman–Crippen MR) is 65.8 cm³/mol. The van der Waals surface area contributed by atoms with E-state index in [9.17, 15) is 19.7 Å². The topological polar surface area (TPSA) is 127 Å². The standard InChI is InChI=1S/C11H13N3O5/c12-9(6-7-10(15)16)11(17)13(14(18)19)8-4-2-1-3-5-8/h1-5,9H,6-7,12H2,(H,15,16)/t9-/m0/s1. The molecular formula is C11H13N3O5. The van der Waals surface area contributed by atoms with Crippen molar-refractivity contribution in [2.45, 2.75) is 18.9 Å². The Hall–Kier alpha value is -2.48. The molecule has 0 bridgehead atoms. The highest BCUT2D eigenvalue weighted by molar-refractivity contribution is 5.95. The van der Waals surface area contributed by atoms with Crippen molar-refractivity contribution in [3.8, 4) is 0 Å². The summed E-state index contributed by atoms with van der Waals surface area (Å²) in [6, 6.07) is 6.29. The summed E-state index contributed by atoms with van der Waals surface area (Å²) in [4.78, 5) is 33.2. The van der Waals surface area contributed by atoms with Crippen molar-refractivity contribution in [1.29, 1.82) is 0 Å². The maximum absolute atomic E-state index is 11.9. The van der Waals surface area contributed by atoms with Gasteiger partial charge in [0.2, 0.25) is 0 Å². The Balaban J connectivity index is 2.85. The first-order valence-corrected chi connectivity index (χ1v) is 5.44. The fourth-order valence-corrected chi connectivity index (χ4v) is 1.43. The monoisotopic (exact) mass is 267 g/mol. The van der Waals surface area contributed by atoms with E-state index in [-0.39, 0.29) is 18.5 Å². The number of rotatable bonds is 6. The molecule has 1 aromatic rings. The molecule has 1 aromatic carbocycles. The Labute approximate surface area is 108 Å². The number of hydrogen-bond acceptors (Lipinski definition) is 5. The largest absolute Gasteiger partial charge is 0.481 e. The average Bonchev–Trinajstić information content (AvgIpc) is 2.36. The minimum Gasteiger partial charge on any atom is -0.481 e. The number of hydrazine groups is 1. The van der Waals surface area contributed by atoms with Crippen molar-refractivity contribution in [2.24, 2.45) is 5.73 Å². The molecule has 1 rings (SSSR count). The number of carbonyl (C=O) groups is 2. The molecule has 8 heteroatoms. The van der Waals surface area contributed by atoms with Crippen LogP contribution in [0.1, 0.15) is 12.8 Å². The maximum atomic E-state index is 11.9. The highest BCUT2D eigenvalue weighted by Crippen LogP contribution is 2.15. The van der Waals surface area contributed by atoms with Crippen LogP contribution in [0.5, 0.6) is 0 Å². The fraction of sp³-hybridized carbons (Fsp3) is 0.273. The summed E-state index contributed by atoms with van der Waals surface area (Å²) in [5, 5.41) is 18.9. The number of carboxylic acids is 1. The number of hydrogen-bond donors (Lipinski definition) is 2. The van der Waals surface area contributed by atoms with E-state index in [1.807, 2.05) is 0 Å². The zero-order chi connectivity index (χ0) is 14.4. The molecule has 0 spiro atoms. The van der Waals surface area contributed by atoms with E-state index in [0.717, 1.165) is 0 Å². The summed E-state index contributed by atoms with van der Waals surface area (Å²) in [6.07, 6.45) is -0.488. The fourth-order valence-electron chi connectivity index (χ4n) is 1.43. The lowest BCUT2D eigenvalue weighted by atomic mass is 10.1. The van der Waals surface area contributed by atoms with Gasteiger partial charge in [-0.15, -0.1) is 0 Å². The molecule has 0 aliphatic rings. The van der Waals surface area contributed by atoms with Gasteiger partial charge in [-0.25, -0.2) is 10.1 Å². The highest BCUT2D eigenvalue weighted by atomic mass is 16.7. The van der Waals surface area contributed by atoms with E-state index in [1.54, 1.807) is 18.2 Å². The molecule has 19 heavy (non-hydrogen) atoms. The molecular weight excluding hydrogens is 254 g/mol. The highest BCUT2D eigenvalue weighted by Gasteiger charge is 2.31. The summed E-state index contributed by atoms with van der Waals surface area (Å²) < 4.78 is 0. The number of amides is 1. The molecule has 0 saturated heterocycles.